The number of hydrogen-bond donors (Lipinski definition) is 1. The number of alkyl halides is 3. The molecule has 1 N–H and O–H groups in total. The van der Waals surface area contributed by atoms with Crippen LogP contribution in [0.5, 0.6) is 0 Å². The fourth-order valence-corrected chi connectivity index (χ4v) is 2.02. The van der Waals surface area contributed by atoms with E-state index >= 15 is 0 Å². The second-order valence-corrected chi connectivity index (χ2v) is 4.47. The highest BCUT2D eigenvalue weighted by Gasteiger charge is 2.42. The lowest BCUT2D eigenvalue weighted by atomic mass is 9.90. The molecule has 0 saturated heterocycles. The largest absolute Gasteiger partial charge is 0.392 e. The maximum absolute atomic E-state index is 12.4. The highest BCUT2D eigenvalue weighted by Crippen LogP contribution is 2.38. The molecule has 0 unspecified atom stereocenters. The van der Waals surface area contributed by atoms with Crippen molar-refractivity contribution in [3.05, 3.63) is 10.6 Å². The number of allylic oxidation sites excluding steroid dienone is 1. The molecule has 0 aromatic heterocycles. The van der Waals surface area contributed by atoms with E-state index in [4.69, 9.17) is 0 Å². The quantitative estimate of drug-likeness (QED) is 0.789. The third kappa shape index (κ3) is 3.52. The number of carbonyl (C=O) groups excluding carboxylic acids is 1. The smallest absolute Gasteiger partial charge is 0.349 e. The van der Waals surface area contributed by atoms with Crippen molar-refractivity contribution >= 4 is 21.8 Å². The van der Waals surface area contributed by atoms with Crippen LogP contribution >= 0.6 is 15.9 Å². The Balaban J connectivity index is 2.70. The molecule has 0 fully saturated rings. The summed E-state index contributed by atoms with van der Waals surface area (Å²) in [6, 6.07) is -0.553. The fourth-order valence-electron chi connectivity index (χ4n) is 1.53. The van der Waals surface area contributed by atoms with Crippen molar-refractivity contribution in [2.24, 2.45) is 5.92 Å². The van der Waals surface area contributed by atoms with Gasteiger partial charge in [-0.25, -0.2) is 0 Å². The van der Waals surface area contributed by atoms with E-state index in [1.165, 1.54) is 13.0 Å². The first-order chi connectivity index (χ1) is 6.80. The summed E-state index contributed by atoms with van der Waals surface area (Å²) in [4.78, 5) is 10.8. The van der Waals surface area contributed by atoms with Gasteiger partial charge in [-0.1, -0.05) is 22.0 Å². The normalized spacial score (nSPS) is 27.1. The highest BCUT2D eigenvalue weighted by atomic mass is 79.9. The molecule has 0 bridgehead atoms. The van der Waals surface area contributed by atoms with Gasteiger partial charge in [-0.05, 0) is 12.8 Å². The van der Waals surface area contributed by atoms with Gasteiger partial charge in [0.15, 0.2) is 0 Å². The summed E-state index contributed by atoms with van der Waals surface area (Å²) in [5.74, 6) is -1.69. The van der Waals surface area contributed by atoms with Crippen LogP contribution in [0.25, 0.3) is 0 Å². The second-order valence-electron chi connectivity index (χ2n) is 3.55. The Hall–Kier alpha value is -0.520. The van der Waals surface area contributed by atoms with Crippen LogP contribution in [-0.2, 0) is 4.79 Å². The minimum Gasteiger partial charge on any atom is -0.349 e. The van der Waals surface area contributed by atoms with Gasteiger partial charge in [-0.3, -0.25) is 4.79 Å². The first kappa shape index (κ1) is 12.5. The molecule has 0 aromatic carbocycles. The van der Waals surface area contributed by atoms with Crippen LogP contribution in [-0.4, -0.2) is 18.1 Å². The van der Waals surface area contributed by atoms with Crippen LogP contribution in [0.1, 0.15) is 19.8 Å². The Morgan fingerprint density at radius 2 is 2.20 bits per heavy atom. The van der Waals surface area contributed by atoms with Gasteiger partial charge in [0.2, 0.25) is 5.91 Å². The average molecular weight is 286 g/mol. The number of carbonyl (C=O) groups is 1. The van der Waals surface area contributed by atoms with Gasteiger partial charge in [0.25, 0.3) is 0 Å². The highest BCUT2D eigenvalue weighted by molar-refractivity contribution is 9.11. The lowest BCUT2D eigenvalue weighted by Gasteiger charge is -2.29. The summed E-state index contributed by atoms with van der Waals surface area (Å²) < 4.78 is 37.9. The predicted molar refractivity (Wildman–Crippen MR) is 53.4 cm³/mol. The van der Waals surface area contributed by atoms with Crippen LogP contribution < -0.4 is 5.32 Å². The molecule has 6 heteroatoms. The van der Waals surface area contributed by atoms with E-state index in [0.717, 1.165) is 0 Å². The number of nitrogens with one attached hydrogen (secondary N) is 1. The lowest BCUT2D eigenvalue weighted by Crippen LogP contribution is -2.40. The summed E-state index contributed by atoms with van der Waals surface area (Å²) in [5.41, 5.74) is 0. The van der Waals surface area contributed by atoms with Crippen LogP contribution in [0.15, 0.2) is 10.6 Å². The van der Waals surface area contributed by atoms with E-state index in [2.05, 4.69) is 21.2 Å². The van der Waals surface area contributed by atoms with Gasteiger partial charge in [0.1, 0.15) is 0 Å². The number of halogens is 4. The van der Waals surface area contributed by atoms with E-state index in [9.17, 15) is 18.0 Å². The summed E-state index contributed by atoms with van der Waals surface area (Å²) in [5, 5.41) is 2.48. The van der Waals surface area contributed by atoms with Gasteiger partial charge >= 0.3 is 6.18 Å². The van der Waals surface area contributed by atoms with Gasteiger partial charge in [-0.2, -0.15) is 13.2 Å². The molecule has 1 aliphatic rings. The molecular weight excluding hydrogens is 275 g/mol. The monoisotopic (exact) mass is 285 g/mol. The van der Waals surface area contributed by atoms with E-state index < -0.39 is 18.1 Å². The summed E-state index contributed by atoms with van der Waals surface area (Å²) in [6.45, 7) is 1.29. The Morgan fingerprint density at radius 3 is 2.67 bits per heavy atom. The predicted octanol–water partition coefficient (Wildman–Crippen LogP) is 2.74. The average Bonchev–Trinajstić information content (AvgIpc) is 2.06. The van der Waals surface area contributed by atoms with Crippen LogP contribution in [0.3, 0.4) is 0 Å². The summed E-state index contributed by atoms with van der Waals surface area (Å²) in [7, 11) is 0. The molecule has 1 rings (SSSR count). The van der Waals surface area contributed by atoms with Crippen molar-refractivity contribution in [2.45, 2.75) is 32.0 Å². The van der Waals surface area contributed by atoms with Gasteiger partial charge < -0.3 is 5.32 Å². The molecule has 1 aliphatic carbocycles. The van der Waals surface area contributed by atoms with Crippen molar-refractivity contribution < 1.29 is 18.0 Å². The van der Waals surface area contributed by atoms with Crippen molar-refractivity contribution in [3.8, 4) is 0 Å². The molecule has 0 heterocycles. The summed E-state index contributed by atoms with van der Waals surface area (Å²) >= 11 is 3.16. The van der Waals surface area contributed by atoms with Crippen LogP contribution in [0.2, 0.25) is 0 Å². The zero-order chi connectivity index (χ0) is 11.6. The van der Waals surface area contributed by atoms with Crippen LogP contribution in [0, 0.1) is 5.92 Å². The first-order valence-electron chi connectivity index (χ1n) is 4.50. The van der Waals surface area contributed by atoms with E-state index in [1.807, 2.05) is 0 Å². The standard InChI is InChI=1S/C9H11BrF3NO/c1-5(15)14-8-4-6(9(11,12)13)2-3-7(8)10/h3,6,8H,2,4H2,1H3,(H,14,15)/t6-,8-/m1/s1. The van der Waals surface area contributed by atoms with Gasteiger partial charge in [0, 0.05) is 11.4 Å². The molecule has 0 spiro atoms. The van der Waals surface area contributed by atoms with Gasteiger partial charge in [-0.15, -0.1) is 0 Å². The molecule has 15 heavy (non-hydrogen) atoms. The minimum absolute atomic E-state index is 0.0276. The fraction of sp³-hybridized carbons (Fsp3) is 0.667. The van der Waals surface area contributed by atoms with Gasteiger partial charge in [0.05, 0.1) is 12.0 Å². The Kier molecular flexibility index (Phi) is 3.81. The topological polar surface area (TPSA) is 29.1 Å². The van der Waals surface area contributed by atoms with Crippen molar-refractivity contribution in [1.29, 1.82) is 0 Å². The second kappa shape index (κ2) is 4.55. The third-order valence-electron chi connectivity index (χ3n) is 2.29. The third-order valence-corrected chi connectivity index (χ3v) is 3.17. The Bertz CT molecular complexity index is 288. The summed E-state index contributed by atoms with van der Waals surface area (Å²) in [6.07, 6.45) is -2.84. The Labute approximate surface area is 94.0 Å². The van der Waals surface area contributed by atoms with E-state index in [0.29, 0.717) is 4.48 Å². The molecule has 2 atom stereocenters. The first-order valence-corrected chi connectivity index (χ1v) is 5.29. The number of amides is 1. The Morgan fingerprint density at radius 1 is 1.60 bits per heavy atom. The van der Waals surface area contributed by atoms with E-state index in [1.54, 1.807) is 0 Å². The lowest BCUT2D eigenvalue weighted by molar-refractivity contribution is -0.177. The van der Waals surface area contributed by atoms with Crippen molar-refractivity contribution in [1.82, 2.24) is 5.32 Å². The molecular formula is C9H11BrF3NO. The molecule has 0 aliphatic heterocycles. The molecule has 86 valence electrons. The van der Waals surface area contributed by atoms with E-state index in [-0.39, 0.29) is 18.7 Å². The molecule has 0 saturated carbocycles. The van der Waals surface area contributed by atoms with Crippen molar-refractivity contribution in [2.75, 3.05) is 0 Å². The van der Waals surface area contributed by atoms with Crippen LogP contribution in [0.4, 0.5) is 13.2 Å². The molecule has 1 amide bonds. The maximum Gasteiger partial charge on any atom is 0.392 e. The molecule has 0 aromatic rings. The van der Waals surface area contributed by atoms with Crippen molar-refractivity contribution in [3.63, 3.8) is 0 Å². The molecule has 2 nitrogen and oxygen atoms in total. The minimum atomic E-state index is -4.19. The maximum atomic E-state index is 12.4. The number of hydrogen-bond acceptors (Lipinski definition) is 1. The molecule has 0 radical (unpaired) electrons. The SMILES string of the molecule is CC(=O)N[C@@H]1C[C@H](C(F)(F)F)CC=C1Br. The number of rotatable bonds is 1. The zero-order valence-corrected chi connectivity index (χ0v) is 9.65. The zero-order valence-electron chi connectivity index (χ0n) is 8.07.